The van der Waals surface area contributed by atoms with Crippen molar-refractivity contribution in [3.8, 4) is 11.5 Å². The number of nitrogens with one attached hydrogen (secondary N) is 1. The highest BCUT2D eigenvalue weighted by atomic mass is 79.9. The largest absolute Gasteiger partial charge is 0.486 e. The summed E-state index contributed by atoms with van der Waals surface area (Å²) in [5.74, 6) is 1.62. The molecule has 98 valence electrons. The third-order valence-corrected chi connectivity index (χ3v) is 3.16. The van der Waals surface area contributed by atoms with Gasteiger partial charge in [-0.05, 0) is 33.6 Å². The Morgan fingerprint density at radius 2 is 2.11 bits per heavy atom. The molecule has 18 heavy (non-hydrogen) atoms. The van der Waals surface area contributed by atoms with Crippen molar-refractivity contribution < 1.29 is 9.47 Å². The lowest BCUT2D eigenvalue weighted by molar-refractivity contribution is 0.170. The molecule has 1 aromatic rings. The topological polar surface area (TPSA) is 30.5 Å². The van der Waals surface area contributed by atoms with Crippen LogP contribution in [0.1, 0.15) is 19.4 Å². The van der Waals surface area contributed by atoms with Crippen LogP contribution in [0.4, 0.5) is 0 Å². The fourth-order valence-electron chi connectivity index (χ4n) is 1.73. The van der Waals surface area contributed by atoms with Crippen LogP contribution in [0.2, 0.25) is 0 Å². The standard InChI is InChI=1S/C14H18BrNO2/c1-10(2)16-5-3-4-11-8-12(15)14-13(9-11)17-6-7-18-14/h3-4,8-10,16H,5-7H2,1-2H3. The first-order valence-electron chi connectivity index (χ1n) is 6.16. The Morgan fingerprint density at radius 3 is 2.89 bits per heavy atom. The lowest BCUT2D eigenvalue weighted by Crippen LogP contribution is -2.22. The molecule has 0 spiro atoms. The average Bonchev–Trinajstić information content (AvgIpc) is 2.35. The summed E-state index contributed by atoms with van der Waals surface area (Å²) in [4.78, 5) is 0. The van der Waals surface area contributed by atoms with Crippen molar-refractivity contribution >= 4 is 22.0 Å². The van der Waals surface area contributed by atoms with E-state index in [0.29, 0.717) is 19.3 Å². The van der Waals surface area contributed by atoms with Crippen molar-refractivity contribution in [2.45, 2.75) is 19.9 Å². The first kappa shape index (κ1) is 13.4. The molecule has 0 saturated carbocycles. The van der Waals surface area contributed by atoms with E-state index in [2.05, 4.69) is 47.2 Å². The van der Waals surface area contributed by atoms with Crippen molar-refractivity contribution in [2.24, 2.45) is 0 Å². The molecule has 0 bridgehead atoms. The number of ether oxygens (including phenoxy) is 2. The Morgan fingerprint density at radius 1 is 1.33 bits per heavy atom. The number of halogens is 1. The average molecular weight is 312 g/mol. The third-order valence-electron chi connectivity index (χ3n) is 2.57. The van der Waals surface area contributed by atoms with Gasteiger partial charge >= 0.3 is 0 Å². The Kier molecular flexibility index (Phi) is 4.66. The van der Waals surface area contributed by atoms with Gasteiger partial charge in [0, 0.05) is 12.6 Å². The summed E-state index contributed by atoms with van der Waals surface area (Å²) in [5, 5.41) is 3.34. The summed E-state index contributed by atoms with van der Waals surface area (Å²) in [6, 6.07) is 4.55. The van der Waals surface area contributed by atoms with Crippen molar-refractivity contribution in [1.29, 1.82) is 0 Å². The molecule has 0 aromatic heterocycles. The van der Waals surface area contributed by atoms with Crippen molar-refractivity contribution in [3.05, 3.63) is 28.2 Å². The van der Waals surface area contributed by atoms with Crippen LogP contribution in [-0.2, 0) is 0 Å². The molecule has 1 aromatic carbocycles. The van der Waals surface area contributed by atoms with Crippen LogP contribution in [-0.4, -0.2) is 25.8 Å². The lowest BCUT2D eigenvalue weighted by Gasteiger charge is -2.19. The number of fused-ring (bicyclic) bond motifs is 1. The van der Waals surface area contributed by atoms with Gasteiger partial charge in [-0.15, -0.1) is 0 Å². The molecule has 0 amide bonds. The Labute approximate surface area is 116 Å². The molecule has 1 aliphatic heterocycles. The molecule has 0 unspecified atom stereocenters. The second-order valence-corrected chi connectivity index (χ2v) is 5.35. The molecule has 0 aliphatic carbocycles. The van der Waals surface area contributed by atoms with E-state index in [4.69, 9.17) is 9.47 Å². The fraction of sp³-hybridized carbons (Fsp3) is 0.429. The molecular formula is C14H18BrNO2. The van der Waals surface area contributed by atoms with E-state index >= 15 is 0 Å². The molecule has 1 N–H and O–H groups in total. The van der Waals surface area contributed by atoms with Gasteiger partial charge < -0.3 is 14.8 Å². The smallest absolute Gasteiger partial charge is 0.175 e. The van der Waals surface area contributed by atoms with Gasteiger partial charge in [-0.1, -0.05) is 26.0 Å². The SMILES string of the molecule is CC(C)NCC=Cc1cc(Br)c2c(c1)OCCO2. The van der Waals surface area contributed by atoms with Crippen LogP contribution >= 0.6 is 15.9 Å². The molecule has 3 nitrogen and oxygen atoms in total. The molecular weight excluding hydrogens is 294 g/mol. The van der Waals surface area contributed by atoms with Gasteiger partial charge in [0.25, 0.3) is 0 Å². The minimum Gasteiger partial charge on any atom is -0.486 e. The summed E-state index contributed by atoms with van der Waals surface area (Å²) < 4.78 is 12.1. The molecule has 1 heterocycles. The van der Waals surface area contributed by atoms with Gasteiger partial charge in [-0.3, -0.25) is 0 Å². The van der Waals surface area contributed by atoms with E-state index in [1.807, 2.05) is 12.1 Å². The van der Waals surface area contributed by atoms with Crippen LogP contribution in [0.5, 0.6) is 11.5 Å². The summed E-state index contributed by atoms with van der Waals surface area (Å²) in [6.45, 7) is 6.35. The van der Waals surface area contributed by atoms with Crippen molar-refractivity contribution in [1.82, 2.24) is 5.32 Å². The Balaban J connectivity index is 2.07. The maximum absolute atomic E-state index is 5.58. The van der Waals surface area contributed by atoms with Crippen LogP contribution < -0.4 is 14.8 Å². The third kappa shape index (κ3) is 3.50. The minimum atomic E-state index is 0.502. The highest BCUT2D eigenvalue weighted by Crippen LogP contribution is 2.38. The highest BCUT2D eigenvalue weighted by Gasteiger charge is 2.15. The second kappa shape index (κ2) is 6.25. The van der Waals surface area contributed by atoms with E-state index in [0.717, 1.165) is 28.1 Å². The second-order valence-electron chi connectivity index (χ2n) is 4.49. The predicted octanol–water partition coefficient (Wildman–Crippen LogP) is 3.23. The maximum Gasteiger partial charge on any atom is 0.175 e. The van der Waals surface area contributed by atoms with Crippen molar-refractivity contribution in [2.75, 3.05) is 19.8 Å². The van der Waals surface area contributed by atoms with E-state index in [1.54, 1.807) is 0 Å². The molecule has 0 radical (unpaired) electrons. The van der Waals surface area contributed by atoms with Gasteiger partial charge in [0.2, 0.25) is 0 Å². The number of benzene rings is 1. The monoisotopic (exact) mass is 311 g/mol. The van der Waals surface area contributed by atoms with E-state index in [1.165, 1.54) is 0 Å². The van der Waals surface area contributed by atoms with Crippen LogP contribution in [0.25, 0.3) is 6.08 Å². The Bertz CT molecular complexity index is 444. The number of rotatable bonds is 4. The maximum atomic E-state index is 5.58. The molecule has 0 atom stereocenters. The zero-order valence-corrected chi connectivity index (χ0v) is 12.3. The van der Waals surface area contributed by atoms with Gasteiger partial charge in [0.1, 0.15) is 13.2 Å². The van der Waals surface area contributed by atoms with Crippen molar-refractivity contribution in [3.63, 3.8) is 0 Å². The zero-order valence-electron chi connectivity index (χ0n) is 10.7. The first-order valence-corrected chi connectivity index (χ1v) is 6.95. The quantitative estimate of drug-likeness (QED) is 0.926. The molecule has 1 aliphatic rings. The highest BCUT2D eigenvalue weighted by molar-refractivity contribution is 9.10. The van der Waals surface area contributed by atoms with Gasteiger partial charge in [-0.2, -0.15) is 0 Å². The van der Waals surface area contributed by atoms with Gasteiger partial charge in [0.05, 0.1) is 4.47 Å². The summed E-state index contributed by atoms with van der Waals surface area (Å²) in [5.41, 5.74) is 1.11. The van der Waals surface area contributed by atoms with E-state index < -0.39 is 0 Å². The molecule has 2 rings (SSSR count). The van der Waals surface area contributed by atoms with Gasteiger partial charge in [0.15, 0.2) is 11.5 Å². The summed E-state index contributed by atoms with van der Waals surface area (Å²) in [6.07, 6.45) is 4.19. The summed E-state index contributed by atoms with van der Waals surface area (Å²) in [7, 11) is 0. The number of hydrogen-bond acceptors (Lipinski definition) is 3. The molecule has 0 saturated heterocycles. The molecule has 4 heteroatoms. The number of hydrogen-bond donors (Lipinski definition) is 1. The van der Waals surface area contributed by atoms with Crippen LogP contribution in [0.3, 0.4) is 0 Å². The van der Waals surface area contributed by atoms with Gasteiger partial charge in [-0.25, -0.2) is 0 Å². The summed E-state index contributed by atoms with van der Waals surface area (Å²) >= 11 is 3.51. The fourth-order valence-corrected chi connectivity index (χ4v) is 2.30. The predicted molar refractivity (Wildman–Crippen MR) is 77.3 cm³/mol. The van der Waals surface area contributed by atoms with Crippen LogP contribution in [0, 0.1) is 0 Å². The normalized spacial score (nSPS) is 14.4. The minimum absolute atomic E-state index is 0.502. The molecule has 0 fully saturated rings. The van der Waals surface area contributed by atoms with E-state index in [9.17, 15) is 0 Å². The van der Waals surface area contributed by atoms with E-state index in [-0.39, 0.29) is 0 Å². The van der Waals surface area contributed by atoms with Crippen LogP contribution in [0.15, 0.2) is 22.7 Å². The Hall–Kier alpha value is -1.00. The first-order chi connectivity index (χ1) is 8.66. The zero-order chi connectivity index (χ0) is 13.0. The lowest BCUT2D eigenvalue weighted by atomic mass is 10.2.